The van der Waals surface area contributed by atoms with Gasteiger partial charge in [-0.2, -0.15) is 0 Å². The second-order valence-electron chi connectivity index (χ2n) is 10.2. The van der Waals surface area contributed by atoms with Gasteiger partial charge >= 0.3 is 0 Å². The van der Waals surface area contributed by atoms with Crippen molar-refractivity contribution < 1.29 is 19.1 Å². The molecular weight excluding hydrogens is 428 g/mol. The van der Waals surface area contributed by atoms with Crippen molar-refractivity contribution in [1.82, 2.24) is 9.80 Å². The Balaban J connectivity index is 1.80. The largest absolute Gasteiger partial charge is 0.491 e. The van der Waals surface area contributed by atoms with Crippen LogP contribution in [0.2, 0.25) is 0 Å². The van der Waals surface area contributed by atoms with Crippen molar-refractivity contribution >= 4 is 11.8 Å². The predicted molar refractivity (Wildman–Crippen MR) is 135 cm³/mol. The minimum Gasteiger partial charge on any atom is -0.491 e. The fourth-order valence-electron chi connectivity index (χ4n) is 5.11. The Hall–Kier alpha value is -2.08. The molecule has 1 saturated heterocycles. The molecule has 1 aromatic carbocycles. The molecule has 1 unspecified atom stereocenters. The topological polar surface area (TPSA) is 59.1 Å². The highest BCUT2D eigenvalue weighted by Gasteiger charge is 2.27. The van der Waals surface area contributed by atoms with Crippen LogP contribution in [0.3, 0.4) is 0 Å². The van der Waals surface area contributed by atoms with E-state index in [4.69, 9.17) is 9.47 Å². The molecular formula is C28H44N2O4. The minimum atomic E-state index is -0.00891. The van der Waals surface area contributed by atoms with Crippen LogP contribution in [-0.2, 0) is 9.53 Å². The summed E-state index contributed by atoms with van der Waals surface area (Å²) in [5.41, 5.74) is 0.612. The highest BCUT2D eigenvalue weighted by atomic mass is 16.5. The molecule has 34 heavy (non-hydrogen) atoms. The van der Waals surface area contributed by atoms with E-state index in [-0.39, 0.29) is 24.0 Å². The maximum absolute atomic E-state index is 13.4. The van der Waals surface area contributed by atoms with Crippen molar-refractivity contribution in [2.45, 2.75) is 90.7 Å². The molecule has 1 fully saturated rings. The summed E-state index contributed by atoms with van der Waals surface area (Å²) in [5, 5.41) is 0. The van der Waals surface area contributed by atoms with Gasteiger partial charge in [-0.1, -0.05) is 38.8 Å². The van der Waals surface area contributed by atoms with Gasteiger partial charge in [-0.3, -0.25) is 9.59 Å². The maximum atomic E-state index is 13.4. The Morgan fingerprint density at radius 1 is 1.09 bits per heavy atom. The average molecular weight is 473 g/mol. The van der Waals surface area contributed by atoms with Crippen LogP contribution >= 0.6 is 0 Å². The monoisotopic (exact) mass is 472 g/mol. The number of hydrogen-bond donors (Lipinski definition) is 0. The summed E-state index contributed by atoms with van der Waals surface area (Å²) in [6.45, 7) is 9.85. The number of amides is 2. The first kappa shape index (κ1) is 26.5. The Morgan fingerprint density at radius 3 is 2.56 bits per heavy atom. The predicted octanol–water partition coefficient (Wildman–Crippen LogP) is 5.30. The van der Waals surface area contributed by atoms with E-state index in [1.54, 1.807) is 0 Å². The van der Waals surface area contributed by atoms with Crippen molar-refractivity contribution in [2.75, 3.05) is 32.8 Å². The maximum Gasteiger partial charge on any atom is 0.257 e. The third-order valence-electron chi connectivity index (χ3n) is 7.00. The molecule has 0 N–H and O–H groups in total. The quantitative estimate of drug-likeness (QED) is 0.563. The van der Waals surface area contributed by atoms with Crippen LogP contribution in [0.4, 0.5) is 0 Å². The van der Waals surface area contributed by atoms with Crippen LogP contribution in [0.5, 0.6) is 5.75 Å². The highest BCUT2D eigenvalue weighted by molar-refractivity contribution is 5.96. The molecule has 0 aliphatic carbocycles. The second kappa shape index (κ2) is 13.7. The lowest BCUT2D eigenvalue weighted by atomic mass is 10.0. The molecule has 0 radical (unpaired) electrons. The van der Waals surface area contributed by atoms with Crippen LogP contribution in [0.25, 0.3) is 0 Å². The Kier molecular flexibility index (Phi) is 10.7. The first-order chi connectivity index (χ1) is 16.5. The molecule has 3 rings (SSSR count). The summed E-state index contributed by atoms with van der Waals surface area (Å²) in [6.07, 6.45) is 8.68. The number of carbonyl (C=O) groups is 2. The van der Waals surface area contributed by atoms with Gasteiger partial charge in [0.1, 0.15) is 12.4 Å². The Labute approximate surface area is 206 Å². The fourth-order valence-corrected chi connectivity index (χ4v) is 5.11. The first-order valence-corrected chi connectivity index (χ1v) is 13.4. The van der Waals surface area contributed by atoms with Gasteiger partial charge in [0, 0.05) is 32.7 Å². The minimum absolute atomic E-state index is 0.00891. The van der Waals surface area contributed by atoms with Gasteiger partial charge in [0.2, 0.25) is 5.91 Å². The summed E-state index contributed by atoms with van der Waals surface area (Å²) in [7, 11) is 0. The molecule has 2 amide bonds. The number of benzene rings is 1. The van der Waals surface area contributed by atoms with E-state index in [0.717, 1.165) is 71.1 Å². The number of nitrogens with zero attached hydrogens (tertiary/aromatic N) is 2. The van der Waals surface area contributed by atoms with Crippen molar-refractivity contribution in [2.24, 2.45) is 5.92 Å². The molecule has 6 nitrogen and oxygen atoms in total. The number of hydrogen-bond acceptors (Lipinski definition) is 4. The summed E-state index contributed by atoms with van der Waals surface area (Å²) < 4.78 is 12.1. The highest BCUT2D eigenvalue weighted by Crippen LogP contribution is 2.24. The smallest absolute Gasteiger partial charge is 0.257 e. The van der Waals surface area contributed by atoms with E-state index in [1.165, 1.54) is 0 Å². The van der Waals surface area contributed by atoms with E-state index < -0.39 is 0 Å². The molecule has 2 aliphatic rings. The van der Waals surface area contributed by atoms with Gasteiger partial charge < -0.3 is 19.3 Å². The Bertz CT molecular complexity index is 775. The van der Waals surface area contributed by atoms with Gasteiger partial charge in [0.25, 0.3) is 5.91 Å². The average Bonchev–Trinajstić information content (AvgIpc) is 3.35. The lowest BCUT2D eigenvalue weighted by molar-refractivity contribution is -0.135. The zero-order chi connectivity index (χ0) is 24.3. The third-order valence-corrected chi connectivity index (χ3v) is 7.00. The molecule has 0 saturated carbocycles. The van der Waals surface area contributed by atoms with E-state index in [0.29, 0.717) is 36.8 Å². The molecule has 190 valence electrons. The summed E-state index contributed by atoms with van der Waals surface area (Å²) in [5.74, 6) is 1.29. The number of carbonyl (C=O) groups excluding carboxylic acids is 2. The molecule has 0 bridgehead atoms. The number of rotatable bonds is 6. The van der Waals surface area contributed by atoms with Gasteiger partial charge in [-0.05, 0) is 63.5 Å². The third kappa shape index (κ3) is 7.72. The number of ether oxygens (including phenoxy) is 2. The number of fused-ring (bicyclic) bond motifs is 1. The van der Waals surface area contributed by atoms with Gasteiger partial charge in [0.15, 0.2) is 0 Å². The van der Waals surface area contributed by atoms with Crippen molar-refractivity contribution in [3.8, 4) is 5.75 Å². The van der Waals surface area contributed by atoms with Crippen molar-refractivity contribution in [3.63, 3.8) is 0 Å². The zero-order valence-corrected chi connectivity index (χ0v) is 21.5. The van der Waals surface area contributed by atoms with E-state index in [1.807, 2.05) is 36.1 Å². The van der Waals surface area contributed by atoms with Crippen LogP contribution < -0.4 is 4.74 Å². The van der Waals surface area contributed by atoms with Crippen LogP contribution in [0.15, 0.2) is 24.3 Å². The van der Waals surface area contributed by atoms with Gasteiger partial charge in [-0.15, -0.1) is 0 Å². The molecule has 0 aromatic heterocycles. The fraction of sp³-hybridized carbons (Fsp3) is 0.714. The van der Waals surface area contributed by atoms with Crippen molar-refractivity contribution in [3.05, 3.63) is 29.8 Å². The summed E-state index contributed by atoms with van der Waals surface area (Å²) >= 11 is 0. The lowest BCUT2D eigenvalue weighted by Gasteiger charge is -2.34. The van der Waals surface area contributed by atoms with E-state index >= 15 is 0 Å². The standard InChI is InChI=1S/C28H44N2O4/c1-4-29-17-9-5-6-10-18-30(27(31)16-15-24-12-11-19-33-24)23(20-22(2)3)21-34-26-14-8-7-13-25(26)28(29)32/h7-8,13-14,22-24H,4-6,9-12,15-21H2,1-3H3/t23-,24?/m0/s1. The normalized spacial score (nSPS) is 22.9. The first-order valence-electron chi connectivity index (χ1n) is 13.4. The summed E-state index contributed by atoms with van der Waals surface area (Å²) in [6, 6.07) is 7.53. The van der Waals surface area contributed by atoms with Crippen LogP contribution in [0, 0.1) is 5.92 Å². The zero-order valence-electron chi connectivity index (χ0n) is 21.5. The van der Waals surface area contributed by atoms with Gasteiger partial charge in [-0.25, -0.2) is 0 Å². The second-order valence-corrected chi connectivity index (χ2v) is 10.2. The SMILES string of the molecule is CCN1CCCCCCN(C(=O)CCC2CCCO2)[C@@H](CC(C)C)COc2ccccc2C1=O. The van der Waals surface area contributed by atoms with Crippen LogP contribution in [0.1, 0.15) is 88.9 Å². The Morgan fingerprint density at radius 2 is 1.85 bits per heavy atom. The van der Waals surface area contributed by atoms with E-state index in [9.17, 15) is 9.59 Å². The summed E-state index contributed by atoms with van der Waals surface area (Å²) in [4.78, 5) is 30.7. The number of para-hydroxylation sites is 1. The molecule has 1 aromatic rings. The molecule has 6 heteroatoms. The molecule has 2 heterocycles. The molecule has 2 atom stereocenters. The lowest BCUT2D eigenvalue weighted by Crippen LogP contribution is -2.45. The van der Waals surface area contributed by atoms with E-state index in [2.05, 4.69) is 18.7 Å². The van der Waals surface area contributed by atoms with Crippen molar-refractivity contribution in [1.29, 1.82) is 0 Å². The molecule has 0 spiro atoms. The van der Waals surface area contributed by atoms with Crippen LogP contribution in [-0.4, -0.2) is 66.6 Å². The van der Waals surface area contributed by atoms with Gasteiger partial charge in [0.05, 0.1) is 17.7 Å². The molecule has 2 aliphatic heterocycles.